The molecular formula is C32H48O5. The van der Waals surface area contributed by atoms with Crippen molar-refractivity contribution in [2.75, 3.05) is 6.61 Å². The molecule has 0 heterocycles. The van der Waals surface area contributed by atoms with E-state index >= 15 is 0 Å². The van der Waals surface area contributed by atoms with E-state index < -0.39 is 5.97 Å². The molecule has 1 saturated carbocycles. The number of carboxylic acid groups (broad SMARTS) is 1. The fourth-order valence-electron chi connectivity index (χ4n) is 8.53. The number of carboxylic acids is 1. The summed E-state index contributed by atoms with van der Waals surface area (Å²) in [6.45, 7) is 16.7. The van der Waals surface area contributed by atoms with Crippen LogP contribution in [0.25, 0.3) is 0 Å². The summed E-state index contributed by atoms with van der Waals surface area (Å²) in [6.07, 6.45) is 12.0. The van der Waals surface area contributed by atoms with Crippen molar-refractivity contribution in [1.29, 1.82) is 0 Å². The van der Waals surface area contributed by atoms with Gasteiger partial charge in [0, 0.05) is 5.41 Å². The molecule has 5 heteroatoms. The smallest absolute Gasteiger partial charge is 0.306 e. The summed E-state index contributed by atoms with van der Waals surface area (Å²) in [4.78, 5) is 23.3. The highest BCUT2D eigenvalue weighted by Crippen LogP contribution is 2.66. The molecule has 0 aromatic carbocycles. The fraction of sp³-hybridized carbons (Fsp3) is 0.750. The number of hydrogen-bond donors (Lipinski definition) is 1. The summed E-state index contributed by atoms with van der Waals surface area (Å²) in [5, 5.41) is 8.93. The van der Waals surface area contributed by atoms with Gasteiger partial charge < -0.3 is 14.6 Å². The molecule has 4 rings (SSSR count). The molecule has 0 amide bonds. The molecule has 0 spiro atoms. The molecule has 1 fully saturated rings. The van der Waals surface area contributed by atoms with Gasteiger partial charge >= 0.3 is 11.9 Å². The highest BCUT2D eigenvalue weighted by Gasteiger charge is 2.58. The SMILES string of the molecule is CC(C)=CCO[C@@H](C)[C@H]1CC=C2C3=C(CC[C@@]21C)[C@@]1(C)CC[C@H](OC(=O)CCC(=O)O)C(C)(C)[C@@H]1CC3. The average molecular weight is 513 g/mol. The van der Waals surface area contributed by atoms with Crippen LogP contribution in [0.3, 0.4) is 0 Å². The average Bonchev–Trinajstić information content (AvgIpc) is 3.16. The van der Waals surface area contributed by atoms with Crippen LogP contribution in [0.4, 0.5) is 0 Å². The Morgan fingerprint density at radius 3 is 2.49 bits per heavy atom. The van der Waals surface area contributed by atoms with Gasteiger partial charge in [-0.25, -0.2) is 0 Å². The lowest BCUT2D eigenvalue weighted by atomic mass is 9.46. The molecular weight excluding hydrogens is 464 g/mol. The predicted octanol–water partition coefficient (Wildman–Crippen LogP) is 7.41. The zero-order chi connectivity index (χ0) is 27.2. The monoisotopic (exact) mass is 512 g/mol. The summed E-state index contributed by atoms with van der Waals surface area (Å²) >= 11 is 0. The quantitative estimate of drug-likeness (QED) is 0.271. The van der Waals surface area contributed by atoms with Crippen molar-refractivity contribution in [1.82, 2.24) is 0 Å². The standard InChI is InChI=1S/C32H48O5/c1-20(2)16-19-36-21(3)23-9-10-24-22-8-11-26-30(4,5)27(37-29(35)13-12-28(33)34)15-18-32(26,7)25(22)14-17-31(23,24)6/h10,16,21,23,26-27H,8-9,11-15,17-19H2,1-7H3,(H,33,34)/t21-,23+,26-,27-,31+,32+/m0/s1. The third kappa shape index (κ3) is 5.10. The molecule has 5 nitrogen and oxygen atoms in total. The first-order valence-electron chi connectivity index (χ1n) is 14.4. The van der Waals surface area contributed by atoms with Crippen molar-refractivity contribution in [2.24, 2.45) is 28.1 Å². The number of esters is 1. The van der Waals surface area contributed by atoms with Crippen molar-refractivity contribution in [3.05, 3.63) is 34.4 Å². The Bertz CT molecular complexity index is 1010. The maximum absolute atomic E-state index is 12.4. The van der Waals surface area contributed by atoms with Gasteiger partial charge in [-0.05, 0) is 99.5 Å². The summed E-state index contributed by atoms with van der Waals surface area (Å²) in [5.74, 6) is -0.375. The number of ether oxygens (including phenoxy) is 2. The first kappa shape index (κ1) is 28.1. The fourth-order valence-corrected chi connectivity index (χ4v) is 8.53. The molecule has 4 aliphatic carbocycles. The number of hydrogen-bond acceptors (Lipinski definition) is 4. The van der Waals surface area contributed by atoms with Gasteiger partial charge in [-0.2, -0.15) is 0 Å². The van der Waals surface area contributed by atoms with E-state index in [1.807, 2.05) is 0 Å². The third-order valence-electron chi connectivity index (χ3n) is 10.6. The van der Waals surface area contributed by atoms with E-state index in [1.54, 1.807) is 16.7 Å². The molecule has 0 saturated heterocycles. The second kappa shape index (κ2) is 10.4. The first-order chi connectivity index (χ1) is 17.3. The second-order valence-electron chi connectivity index (χ2n) is 13.4. The number of aliphatic carboxylic acids is 1. The zero-order valence-electron chi connectivity index (χ0n) is 24.1. The van der Waals surface area contributed by atoms with Gasteiger partial charge in [0.05, 0.1) is 25.6 Å². The number of fused-ring (bicyclic) bond motifs is 4. The molecule has 0 aromatic heterocycles. The van der Waals surface area contributed by atoms with E-state index in [1.165, 1.54) is 12.0 Å². The summed E-state index contributed by atoms with van der Waals surface area (Å²) in [7, 11) is 0. The number of rotatable bonds is 8. The van der Waals surface area contributed by atoms with E-state index in [0.29, 0.717) is 18.4 Å². The normalized spacial score (nSPS) is 35.0. The molecule has 6 atom stereocenters. The minimum atomic E-state index is -0.958. The van der Waals surface area contributed by atoms with Crippen LogP contribution in [0.5, 0.6) is 0 Å². The van der Waals surface area contributed by atoms with Crippen LogP contribution in [-0.2, 0) is 19.1 Å². The highest BCUT2D eigenvalue weighted by molar-refractivity contribution is 5.76. The minimum absolute atomic E-state index is 0.0521. The van der Waals surface area contributed by atoms with Crippen LogP contribution in [0, 0.1) is 28.1 Å². The lowest BCUT2D eigenvalue weighted by molar-refractivity contribution is -0.170. The maximum atomic E-state index is 12.4. The lowest BCUT2D eigenvalue weighted by Gasteiger charge is -2.59. The minimum Gasteiger partial charge on any atom is -0.481 e. The molecule has 0 bridgehead atoms. The second-order valence-corrected chi connectivity index (χ2v) is 13.4. The van der Waals surface area contributed by atoms with Gasteiger partial charge in [-0.1, -0.05) is 51.0 Å². The molecule has 0 radical (unpaired) electrons. The Morgan fingerprint density at radius 1 is 1.08 bits per heavy atom. The van der Waals surface area contributed by atoms with Crippen LogP contribution in [0.2, 0.25) is 0 Å². The van der Waals surface area contributed by atoms with Gasteiger partial charge in [0.1, 0.15) is 6.10 Å². The summed E-state index contributed by atoms with van der Waals surface area (Å²) in [6, 6.07) is 0. The van der Waals surface area contributed by atoms with Crippen molar-refractivity contribution >= 4 is 11.9 Å². The summed E-state index contributed by atoms with van der Waals surface area (Å²) < 4.78 is 12.2. The highest BCUT2D eigenvalue weighted by atomic mass is 16.5. The number of allylic oxidation sites excluding steroid dienone is 5. The zero-order valence-corrected chi connectivity index (χ0v) is 24.1. The Hall–Kier alpha value is -1.88. The Morgan fingerprint density at radius 2 is 1.81 bits per heavy atom. The van der Waals surface area contributed by atoms with Crippen LogP contribution in [0.1, 0.15) is 106 Å². The molecule has 0 aromatic rings. The van der Waals surface area contributed by atoms with Gasteiger partial charge in [0.25, 0.3) is 0 Å². The van der Waals surface area contributed by atoms with Crippen molar-refractivity contribution in [3.8, 4) is 0 Å². The molecule has 0 aliphatic heterocycles. The van der Waals surface area contributed by atoms with E-state index in [0.717, 1.165) is 38.5 Å². The van der Waals surface area contributed by atoms with Crippen LogP contribution < -0.4 is 0 Å². The van der Waals surface area contributed by atoms with Gasteiger partial charge in [0.2, 0.25) is 0 Å². The van der Waals surface area contributed by atoms with Gasteiger partial charge in [0.15, 0.2) is 0 Å². The van der Waals surface area contributed by atoms with Crippen LogP contribution >= 0.6 is 0 Å². The van der Waals surface area contributed by atoms with E-state index in [-0.39, 0.29) is 47.3 Å². The van der Waals surface area contributed by atoms with Crippen molar-refractivity contribution in [3.63, 3.8) is 0 Å². The van der Waals surface area contributed by atoms with Crippen molar-refractivity contribution < 1.29 is 24.2 Å². The Balaban J connectivity index is 1.52. The van der Waals surface area contributed by atoms with E-state index in [2.05, 4.69) is 60.6 Å². The topological polar surface area (TPSA) is 72.8 Å². The molecule has 4 aliphatic rings. The first-order valence-corrected chi connectivity index (χ1v) is 14.4. The lowest BCUT2D eigenvalue weighted by Crippen LogP contribution is -2.54. The van der Waals surface area contributed by atoms with Crippen molar-refractivity contribution in [2.45, 2.75) is 118 Å². The number of carbonyl (C=O) groups excluding carboxylic acids is 1. The third-order valence-corrected chi connectivity index (χ3v) is 10.6. The summed E-state index contributed by atoms with van der Waals surface area (Å²) in [5.41, 5.74) is 6.33. The van der Waals surface area contributed by atoms with Crippen LogP contribution in [-0.4, -0.2) is 35.9 Å². The molecule has 0 unspecified atom stereocenters. The maximum Gasteiger partial charge on any atom is 0.306 e. The van der Waals surface area contributed by atoms with E-state index in [4.69, 9.17) is 14.6 Å². The molecule has 37 heavy (non-hydrogen) atoms. The van der Waals surface area contributed by atoms with Gasteiger partial charge in [-0.3, -0.25) is 9.59 Å². The molecule has 1 N–H and O–H groups in total. The Labute approximate surface area is 223 Å². The van der Waals surface area contributed by atoms with E-state index in [9.17, 15) is 9.59 Å². The van der Waals surface area contributed by atoms with Gasteiger partial charge in [-0.15, -0.1) is 0 Å². The van der Waals surface area contributed by atoms with Crippen LogP contribution in [0.15, 0.2) is 34.4 Å². The largest absolute Gasteiger partial charge is 0.481 e. The Kier molecular flexibility index (Phi) is 7.87. The number of carbonyl (C=O) groups is 2. The predicted molar refractivity (Wildman–Crippen MR) is 146 cm³/mol. The molecule has 206 valence electrons.